The molecule has 1 aliphatic carbocycles. The first-order chi connectivity index (χ1) is 11.2. The summed E-state index contributed by atoms with van der Waals surface area (Å²) in [5.74, 6) is 0.498. The van der Waals surface area contributed by atoms with Crippen LogP contribution in [0.25, 0.3) is 11.5 Å². The molecule has 0 aliphatic heterocycles. The van der Waals surface area contributed by atoms with Crippen LogP contribution >= 0.6 is 12.2 Å². The summed E-state index contributed by atoms with van der Waals surface area (Å²) in [6.45, 7) is 0. The number of ketones is 1. The Kier molecular flexibility index (Phi) is 3.42. The summed E-state index contributed by atoms with van der Waals surface area (Å²) in [4.78, 5) is 13.0. The normalized spacial score (nSPS) is 17.0. The maximum Gasteiger partial charge on any atom is 0.288 e. The Morgan fingerprint density at radius 3 is 2.65 bits per heavy atom. The highest BCUT2D eigenvalue weighted by molar-refractivity contribution is 7.71. The fourth-order valence-electron chi connectivity index (χ4n) is 3.00. The van der Waals surface area contributed by atoms with Crippen LogP contribution in [0.4, 0.5) is 0 Å². The molecule has 4 nitrogen and oxygen atoms in total. The van der Waals surface area contributed by atoms with Crippen LogP contribution in [0, 0.1) is 4.84 Å². The minimum atomic E-state index is -0.390. The van der Waals surface area contributed by atoms with E-state index in [0.717, 1.165) is 23.1 Å². The van der Waals surface area contributed by atoms with Crippen molar-refractivity contribution >= 4 is 18.0 Å². The Hall–Kier alpha value is -2.53. The molecule has 4 rings (SSSR count). The van der Waals surface area contributed by atoms with E-state index in [1.54, 1.807) is 4.68 Å². The number of Topliss-reactive ketones (excluding diaryl/α,β-unsaturated/α-hetero) is 1. The average molecular weight is 322 g/mol. The van der Waals surface area contributed by atoms with Gasteiger partial charge < -0.3 is 4.42 Å². The van der Waals surface area contributed by atoms with E-state index in [0.29, 0.717) is 12.3 Å². The van der Waals surface area contributed by atoms with Crippen molar-refractivity contribution in [1.29, 1.82) is 0 Å². The van der Waals surface area contributed by atoms with Gasteiger partial charge in [0.25, 0.3) is 4.84 Å². The lowest BCUT2D eigenvalue weighted by molar-refractivity contribution is 0.0896. The zero-order valence-electron chi connectivity index (χ0n) is 12.3. The number of hydrogen-bond acceptors (Lipinski definition) is 4. The monoisotopic (exact) mass is 322 g/mol. The Morgan fingerprint density at radius 2 is 1.83 bits per heavy atom. The summed E-state index contributed by atoms with van der Waals surface area (Å²) in [7, 11) is 0. The first kappa shape index (κ1) is 14.1. The Balaban J connectivity index is 1.74. The molecule has 2 aromatic carbocycles. The van der Waals surface area contributed by atoms with Crippen molar-refractivity contribution in [2.45, 2.75) is 18.9 Å². The van der Waals surface area contributed by atoms with E-state index in [1.165, 1.54) is 0 Å². The van der Waals surface area contributed by atoms with E-state index < -0.39 is 6.04 Å². The molecule has 0 saturated carbocycles. The number of fused-ring (bicyclic) bond motifs is 1. The van der Waals surface area contributed by atoms with Crippen molar-refractivity contribution in [2.24, 2.45) is 0 Å². The summed E-state index contributed by atoms with van der Waals surface area (Å²) < 4.78 is 7.16. The molecule has 3 aromatic rings. The average Bonchev–Trinajstić information content (AvgIpc) is 2.98. The van der Waals surface area contributed by atoms with Crippen LogP contribution in [0.5, 0.6) is 0 Å². The highest BCUT2D eigenvalue weighted by Gasteiger charge is 2.30. The minimum absolute atomic E-state index is 0.0517. The topological polar surface area (TPSA) is 48.0 Å². The van der Waals surface area contributed by atoms with Gasteiger partial charge in [-0.25, -0.2) is 4.68 Å². The van der Waals surface area contributed by atoms with Crippen LogP contribution in [-0.2, 0) is 6.42 Å². The van der Waals surface area contributed by atoms with Crippen molar-refractivity contribution in [1.82, 2.24) is 9.78 Å². The van der Waals surface area contributed by atoms with Gasteiger partial charge in [-0.2, -0.15) is 0 Å². The number of rotatable bonds is 2. The molecular formula is C18H14N2O2S. The van der Waals surface area contributed by atoms with Gasteiger partial charge in [0.2, 0.25) is 5.89 Å². The van der Waals surface area contributed by atoms with E-state index in [-0.39, 0.29) is 10.6 Å². The molecule has 1 unspecified atom stereocenters. The summed E-state index contributed by atoms with van der Waals surface area (Å²) in [6, 6.07) is 16.9. The van der Waals surface area contributed by atoms with E-state index >= 15 is 0 Å². The van der Waals surface area contributed by atoms with Crippen LogP contribution in [0.15, 0.2) is 59.0 Å². The highest BCUT2D eigenvalue weighted by atomic mass is 32.1. The number of nitrogens with zero attached hydrogens (tertiary/aromatic N) is 2. The lowest BCUT2D eigenvalue weighted by Crippen LogP contribution is -2.26. The van der Waals surface area contributed by atoms with Gasteiger partial charge in [0.15, 0.2) is 5.78 Å². The smallest absolute Gasteiger partial charge is 0.288 e. The molecule has 23 heavy (non-hydrogen) atoms. The number of benzene rings is 2. The second-order valence-corrected chi connectivity index (χ2v) is 5.91. The molecule has 1 heterocycles. The van der Waals surface area contributed by atoms with E-state index in [1.807, 2.05) is 54.6 Å². The fourth-order valence-corrected chi connectivity index (χ4v) is 3.24. The predicted octanol–water partition coefficient (Wildman–Crippen LogP) is 4.24. The SMILES string of the molecule is O=C1c2ccccc2CCC1n1nc(-c2ccccc2)oc1=S. The zero-order valence-corrected chi connectivity index (χ0v) is 13.1. The maximum absolute atomic E-state index is 12.8. The molecule has 0 amide bonds. The fraction of sp³-hybridized carbons (Fsp3) is 0.167. The van der Waals surface area contributed by atoms with Gasteiger partial charge in [0.1, 0.15) is 6.04 Å². The second kappa shape index (κ2) is 5.59. The Morgan fingerprint density at radius 1 is 1.09 bits per heavy atom. The first-order valence-corrected chi connectivity index (χ1v) is 7.92. The van der Waals surface area contributed by atoms with Crippen LogP contribution in [0.3, 0.4) is 0 Å². The first-order valence-electron chi connectivity index (χ1n) is 7.51. The third kappa shape index (κ3) is 2.43. The molecule has 1 atom stereocenters. The number of aromatic nitrogens is 2. The molecule has 0 saturated heterocycles. The van der Waals surface area contributed by atoms with E-state index in [9.17, 15) is 4.79 Å². The van der Waals surface area contributed by atoms with Gasteiger partial charge in [-0.05, 0) is 42.8 Å². The number of hydrogen-bond donors (Lipinski definition) is 0. The summed E-state index contributed by atoms with van der Waals surface area (Å²) in [6.07, 6.45) is 1.52. The van der Waals surface area contributed by atoms with Gasteiger partial charge in [0, 0.05) is 11.1 Å². The molecule has 0 N–H and O–H groups in total. The molecular weight excluding hydrogens is 308 g/mol. The molecule has 0 fully saturated rings. The zero-order chi connectivity index (χ0) is 15.8. The molecule has 0 bridgehead atoms. The Bertz CT molecular complexity index is 927. The maximum atomic E-state index is 12.8. The quantitative estimate of drug-likeness (QED) is 0.662. The van der Waals surface area contributed by atoms with Gasteiger partial charge in [-0.1, -0.05) is 42.5 Å². The number of aryl methyl sites for hydroxylation is 1. The van der Waals surface area contributed by atoms with Crippen molar-refractivity contribution in [2.75, 3.05) is 0 Å². The van der Waals surface area contributed by atoms with Gasteiger partial charge >= 0.3 is 0 Å². The molecule has 114 valence electrons. The van der Waals surface area contributed by atoms with Gasteiger partial charge in [-0.3, -0.25) is 4.79 Å². The van der Waals surface area contributed by atoms with Crippen molar-refractivity contribution < 1.29 is 9.21 Å². The largest absolute Gasteiger partial charge is 0.409 e. The molecule has 0 spiro atoms. The highest BCUT2D eigenvalue weighted by Crippen LogP contribution is 2.30. The van der Waals surface area contributed by atoms with Crippen molar-refractivity contribution in [3.8, 4) is 11.5 Å². The lowest BCUT2D eigenvalue weighted by atomic mass is 9.87. The molecule has 0 radical (unpaired) electrons. The molecule has 5 heteroatoms. The van der Waals surface area contributed by atoms with Gasteiger partial charge in [0.05, 0.1) is 0 Å². The molecule has 1 aromatic heterocycles. The standard InChI is InChI=1S/C18H14N2O2S/c21-16-14-9-5-4-6-12(14)10-11-15(16)20-18(23)22-17(19-20)13-7-2-1-3-8-13/h1-9,15H,10-11H2. The number of carbonyl (C=O) groups is 1. The summed E-state index contributed by atoms with van der Waals surface area (Å²) in [5, 5.41) is 4.45. The van der Waals surface area contributed by atoms with Gasteiger partial charge in [-0.15, -0.1) is 5.10 Å². The predicted molar refractivity (Wildman–Crippen MR) is 88.9 cm³/mol. The summed E-state index contributed by atoms with van der Waals surface area (Å²) in [5.41, 5.74) is 2.70. The Labute approximate surface area is 138 Å². The van der Waals surface area contributed by atoms with Crippen LogP contribution in [0.2, 0.25) is 0 Å². The molecule has 1 aliphatic rings. The van der Waals surface area contributed by atoms with Crippen molar-refractivity contribution in [3.05, 3.63) is 70.6 Å². The summed E-state index contributed by atoms with van der Waals surface area (Å²) >= 11 is 5.29. The second-order valence-electron chi connectivity index (χ2n) is 5.56. The van der Waals surface area contributed by atoms with Crippen LogP contribution in [0.1, 0.15) is 28.4 Å². The van der Waals surface area contributed by atoms with E-state index in [4.69, 9.17) is 16.6 Å². The third-order valence-electron chi connectivity index (χ3n) is 4.16. The lowest BCUT2D eigenvalue weighted by Gasteiger charge is -2.22. The minimum Gasteiger partial charge on any atom is -0.409 e. The van der Waals surface area contributed by atoms with Crippen LogP contribution in [-0.4, -0.2) is 15.6 Å². The van der Waals surface area contributed by atoms with E-state index in [2.05, 4.69) is 5.10 Å². The van der Waals surface area contributed by atoms with Crippen LogP contribution < -0.4 is 0 Å². The third-order valence-corrected chi connectivity index (χ3v) is 4.43. The number of carbonyl (C=O) groups excluding carboxylic acids is 1. The van der Waals surface area contributed by atoms with Crippen molar-refractivity contribution in [3.63, 3.8) is 0 Å².